The van der Waals surface area contributed by atoms with Gasteiger partial charge in [0.15, 0.2) is 31.1 Å². The van der Waals surface area contributed by atoms with Crippen molar-refractivity contribution in [2.75, 3.05) is 6.61 Å². The lowest BCUT2D eigenvalue weighted by Crippen LogP contribution is -2.44. The third-order valence-corrected chi connectivity index (χ3v) is 9.93. The zero-order chi connectivity index (χ0) is 21.0. The normalized spacial score (nSPS) is 15.3. The van der Waals surface area contributed by atoms with Gasteiger partial charge < -0.3 is 21.8 Å². The molecule has 26 heavy (non-hydrogen) atoms. The van der Waals surface area contributed by atoms with E-state index in [0.717, 1.165) is 0 Å². The van der Waals surface area contributed by atoms with Crippen molar-refractivity contribution in [2.45, 2.75) is 84.7 Å². The van der Waals surface area contributed by atoms with Crippen LogP contribution >= 0.6 is 8.60 Å². The molecule has 6 nitrogen and oxygen atoms in total. The van der Waals surface area contributed by atoms with Gasteiger partial charge in [-0.3, -0.25) is 4.79 Å². The van der Waals surface area contributed by atoms with Crippen LogP contribution in [0.15, 0.2) is 0 Å². The maximum absolute atomic E-state index is 12.6. The van der Waals surface area contributed by atoms with E-state index >= 15 is 0 Å². The number of hydrogen-bond acceptors (Lipinski definition) is 6. The van der Waals surface area contributed by atoms with Gasteiger partial charge in [0.1, 0.15) is 0 Å². The van der Waals surface area contributed by atoms with E-state index in [2.05, 4.69) is 39.3 Å². The molecule has 11 heteroatoms. The number of carbonyl (C=O) groups is 1. The number of rotatable bonds is 11. The highest BCUT2D eigenvalue weighted by atomic mass is 31.2. The minimum Gasteiger partial charge on any atom is -0.518 e. The Morgan fingerprint density at radius 3 is 1.46 bits per heavy atom. The molecule has 0 N–H and O–H groups in total. The minimum atomic E-state index is -2.00. The summed E-state index contributed by atoms with van der Waals surface area (Å²) in [6.45, 7) is 24.7. The quantitative estimate of drug-likeness (QED) is 0.299. The highest BCUT2D eigenvalue weighted by molar-refractivity contribution is 7.45. The lowest BCUT2D eigenvalue weighted by atomic mass is 10.4. The number of hydrogen-bond donors (Lipinski definition) is 0. The second-order valence-electron chi connectivity index (χ2n) is 10.2. The van der Waals surface area contributed by atoms with Gasteiger partial charge in [-0.2, -0.15) is 0 Å². The standard InChI is InChI=1S/C15H39O6PSi4/c1-23(2,3)18-14(15(16)19-24(4,5)6)13-17-22(20-25(7,8)9)21-26(10,11)12/h14H,13H2,1-12H3. The summed E-state index contributed by atoms with van der Waals surface area (Å²) in [6, 6.07) is 0. The molecule has 156 valence electrons. The van der Waals surface area contributed by atoms with E-state index in [4.69, 9.17) is 21.8 Å². The molecule has 1 atom stereocenters. The van der Waals surface area contributed by atoms with Gasteiger partial charge in [0.2, 0.25) is 8.32 Å². The summed E-state index contributed by atoms with van der Waals surface area (Å²) < 4.78 is 29.8. The van der Waals surface area contributed by atoms with E-state index in [1.807, 2.05) is 39.3 Å². The Balaban J connectivity index is 5.16. The van der Waals surface area contributed by atoms with Crippen LogP contribution in [0.3, 0.4) is 0 Å². The van der Waals surface area contributed by atoms with Crippen molar-refractivity contribution >= 4 is 47.8 Å². The maximum atomic E-state index is 12.6. The van der Waals surface area contributed by atoms with Gasteiger partial charge in [0.25, 0.3) is 0 Å². The van der Waals surface area contributed by atoms with Crippen LogP contribution in [0.25, 0.3) is 0 Å². The fourth-order valence-electron chi connectivity index (χ4n) is 1.59. The van der Waals surface area contributed by atoms with E-state index < -0.39 is 48.0 Å². The summed E-state index contributed by atoms with van der Waals surface area (Å²) in [4.78, 5) is 12.6. The maximum Gasteiger partial charge on any atom is 0.323 e. The molecule has 0 fully saturated rings. The van der Waals surface area contributed by atoms with Crippen LogP contribution in [0.1, 0.15) is 0 Å². The van der Waals surface area contributed by atoms with E-state index in [9.17, 15) is 4.79 Å². The molecule has 0 aliphatic rings. The lowest BCUT2D eigenvalue weighted by Gasteiger charge is -2.32. The smallest absolute Gasteiger partial charge is 0.323 e. The van der Waals surface area contributed by atoms with Crippen molar-refractivity contribution in [3.8, 4) is 0 Å². The molecule has 1 unspecified atom stereocenters. The van der Waals surface area contributed by atoms with Crippen LogP contribution in [0, 0.1) is 0 Å². The molecule has 0 bridgehead atoms. The van der Waals surface area contributed by atoms with Gasteiger partial charge in [0.05, 0.1) is 6.61 Å². The first-order valence-electron chi connectivity index (χ1n) is 8.99. The minimum absolute atomic E-state index is 0.0915. The molecular formula is C15H39O6PSi4. The van der Waals surface area contributed by atoms with Crippen molar-refractivity contribution < 1.29 is 26.6 Å². The Morgan fingerprint density at radius 2 is 1.15 bits per heavy atom. The van der Waals surface area contributed by atoms with Gasteiger partial charge in [0, 0.05) is 0 Å². The summed E-state index contributed by atoms with van der Waals surface area (Å²) in [5.41, 5.74) is 0. The predicted molar refractivity (Wildman–Crippen MR) is 119 cm³/mol. The summed E-state index contributed by atoms with van der Waals surface area (Å²) >= 11 is 0. The van der Waals surface area contributed by atoms with Crippen molar-refractivity contribution in [1.82, 2.24) is 0 Å². The monoisotopic (exact) mass is 458 g/mol. The number of carbonyl (C=O) groups excluding carboxylic acids is 1. The van der Waals surface area contributed by atoms with Gasteiger partial charge >= 0.3 is 14.6 Å². The van der Waals surface area contributed by atoms with Gasteiger partial charge in [-0.25, -0.2) is 0 Å². The van der Waals surface area contributed by atoms with E-state index in [0.29, 0.717) is 0 Å². The van der Waals surface area contributed by atoms with Crippen LogP contribution in [0.4, 0.5) is 0 Å². The van der Waals surface area contributed by atoms with Crippen LogP contribution in [-0.4, -0.2) is 51.9 Å². The fourth-order valence-corrected chi connectivity index (χ4v) is 8.09. The Bertz CT molecular complexity index is 435. The predicted octanol–water partition coefficient (Wildman–Crippen LogP) is 5.53. The highest BCUT2D eigenvalue weighted by Crippen LogP contribution is 2.45. The molecular weight excluding hydrogens is 419 g/mol. The van der Waals surface area contributed by atoms with Crippen molar-refractivity contribution in [1.29, 1.82) is 0 Å². The fraction of sp³-hybridized carbons (Fsp3) is 0.933. The van der Waals surface area contributed by atoms with Crippen LogP contribution in [-0.2, 0) is 26.6 Å². The Morgan fingerprint density at radius 1 is 0.731 bits per heavy atom. The van der Waals surface area contributed by atoms with Gasteiger partial charge in [-0.1, -0.05) is 0 Å². The van der Waals surface area contributed by atoms with E-state index in [1.54, 1.807) is 0 Å². The van der Waals surface area contributed by atoms with Crippen LogP contribution in [0.5, 0.6) is 0 Å². The SMILES string of the molecule is C[Si](C)(C)OC(=O)C(COP(O[Si](C)(C)C)O[Si](C)(C)C)O[Si](C)(C)C. The topological polar surface area (TPSA) is 63.2 Å². The van der Waals surface area contributed by atoms with E-state index in [1.165, 1.54) is 0 Å². The van der Waals surface area contributed by atoms with Crippen LogP contribution in [0.2, 0.25) is 78.6 Å². The zero-order valence-corrected chi connectivity index (χ0v) is 23.6. The third kappa shape index (κ3) is 15.6. The third-order valence-electron chi connectivity index (χ3n) is 2.19. The highest BCUT2D eigenvalue weighted by Gasteiger charge is 2.35. The average molecular weight is 459 g/mol. The first-order valence-corrected chi connectivity index (χ1v) is 23.7. The molecule has 0 aromatic heterocycles. The molecule has 0 saturated heterocycles. The van der Waals surface area contributed by atoms with Crippen molar-refractivity contribution in [3.63, 3.8) is 0 Å². The van der Waals surface area contributed by atoms with Gasteiger partial charge in [-0.05, 0) is 78.6 Å². The van der Waals surface area contributed by atoms with E-state index in [-0.39, 0.29) is 12.6 Å². The molecule has 0 amide bonds. The second kappa shape index (κ2) is 9.88. The van der Waals surface area contributed by atoms with Crippen molar-refractivity contribution in [2.24, 2.45) is 0 Å². The Kier molecular flexibility index (Phi) is 10.1. The average Bonchev–Trinajstić information content (AvgIpc) is 2.26. The summed E-state index contributed by atoms with van der Waals surface area (Å²) in [7, 11) is -9.15. The molecule has 0 aliphatic carbocycles. The zero-order valence-electron chi connectivity index (χ0n) is 18.7. The summed E-state index contributed by atoms with van der Waals surface area (Å²) in [5, 5.41) is 0. The summed E-state index contributed by atoms with van der Waals surface area (Å²) in [5.74, 6) is -0.345. The Hall–Kier alpha value is 0.608. The molecule has 0 heterocycles. The molecule has 0 rings (SSSR count). The Labute approximate surface area is 165 Å². The molecule has 0 radical (unpaired) electrons. The van der Waals surface area contributed by atoms with Gasteiger partial charge in [-0.15, -0.1) is 0 Å². The van der Waals surface area contributed by atoms with Crippen molar-refractivity contribution in [3.05, 3.63) is 0 Å². The molecule has 0 spiro atoms. The second-order valence-corrected chi connectivity index (χ2v) is 29.7. The first kappa shape index (κ1) is 26.6. The molecule has 0 aliphatic heterocycles. The summed E-state index contributed by atoms with van der Waals surface area (Å²) in [6.07, 6.45) is -0.742. The molecule has 0 aromatic rings. The lowest BCUT2D eigenvalue weighted by molar-refractivity contribution is -0.144. The largest absolute Gasteiger partial charge is 0.518 e. The first-order chi connectivity index (χ1) is 11.3. The molecule has 0 saturated carbocycles. The molecule has 0 aromatic carbocycles. The van der Waals surface area contributed by atoms with Crippen LogP contribution < -0.4 is 0 Å².